The molecular weight excluding hydrogens is 418 g/mol. The van der Waals surface area contributed by atoms with Crippen molar-refractivity contribution in [3.05, 3.63) is 96.1 Å². The van der Waals surface area contributed by atoms with Gasteiger partial charge in [-0.1, -0.05) is 60.7 Å². The zero-order valence-corrected chi connectivity index (χ0v) is 20.4. The first-order valence-corrected chi connectivity index (χ1v) is 12.8. The summed E-state index contributed by atoms with van der Waals surface area (Å²) < 4.78 is 5.93. The zero-order chi connectivity index (χ0) is 23.2. The highest BCUT2D eigenvalue weighted by molar-refractivity contribution is 5.33. The fourth-order valence-electron chi connectivity index (χ4n) is 5.53. The number of para-hydroxylation sites is 1. The first kappa shape index (κ1) is 23.1. The molecule has 4 nitrogen and oxygen atoms in total. The molecule has 2 saturated heterocycles. The van der Waals surface area contributed by atoms with Gasteiger partial charge in [0.1, 0.15) is 11.5 Å². The van der Waals surface area contributed by atoms with Gasteiger partial charge in [0.2, 0.25) is 0 Å². The van der Waals surface area contributed by atoms with Crippen molar-refractivity contribution in [2.75, 3.05) is 32.7 Å². The van der Waals surface area contributed by atoms with E-state index in [1.807, 2.05) is 30.3 Å². The van der Waals surface area contributed by atoms with Crippen LogP contribution in [0.2, 0.25) is 0 Å². The van der Waals surface area contributed by atoms with Crippen molar-refractivity contribution in [1.29, 1.82) is 0 Å². The van der Waals surface area contributed by atoms with Crippen LogP contribution in [0.25, 0.3) is 0 Å². The molecule has 0 amide bonds. The highest BCUT2D eigenvalue weighted by Crippen LogP contribution is 2.25. The Hall–Kier alpha value is -2.66. The summed E-state index contributed by atoms with van der Waals surface area (Å²) >= 11 is 0. The van der Waals surface area contributed by atoms with E-state index in [0.29, 0.717) is 6.04 Å². The molecule has 5 rings (SSSR count). The summed E-state index contributed by atoms with van der Waals surface area (Å²) in [6.07, 6.45) is 2.55. The Balaban J connectivity index is 1.06. The van der Waals surface area contributed by atoms with E-state index in [2.05, 4.69) is 76.2 Å². The average molecular weight is 456 g/mol. The Bertz CT molecular complexity index is 1000. The molecule has 34 heavy (non-hydrogen) atoms. The maximum absolute atomic E-state index is 5.93. The van der Waals surface area contributed by atoms with Gasteiger partial charge in [-0.15, -0.1) is 0 Å². The number of likely N-dealkylation sites (tertiary alicyclic amines) is 1. The number of rotatable bonds is 7. The Kier molecular flexibility index (Phi) is 7.59. The van der Waals surface area contributed by atoms with Gasteiger partial charge in [-0.2, -0.15) is 0 Å². The molecule has 2 aliphatic heterocycles. The van der Waals surface area contributed by atoms with Gasteiger partial charge in [0.25, 0.3) is 0 Å². The first-order chi connectivity index (χ1) is 16.7. The van der Waals surface area contributed by atoms with Gasteiger partial charge < -0.3 is 4.74 Å². The van der Waals surface area contributed by atoms with Crippen LogP contribution in [0.15, 0.2) is 84.9 Å². The number of piperazine rings is 1. The second kappa shape index (κ2) is 11.2. The molecule has 1 atom stereocenters. The normalized spacial score (nSPS) is 20.9. The number of piperidine rings is 1. The first-order valence-electron chi connectivity index (χ1n) is 12.8. The van der Waals surface area contributed by atoms with E-state index in [4.69, 9.17) is 4.74 Å². The standard InChI is InChI=1S/C30H37N3O/c1-25-22-32(24-26-8-4-2-5-9-26)20-21-33(25)28-16-18-31(19-17-28)23-27-12-14-30(15-13-27)34-29-10-6-3-7-11-29/h2-15,25,28H,16-24H2,1H3. The average Bonchev–Trinajstić information content (AvgIpc) is 2.87. The number of benzene rings is 3. The summed E-state index contributed by atoms with van der Waals surface area (Å²) in [5.74, 6) is 1.78. The topological polar surface area (TPSA) is 19.0 Å². The van der Waals surface area contributed by atoms with Crippen LogP contribution in [-0.4, -0.2) is 59.5 Å². The molecule has 0 aliphatic carbocycles. The highest BCUT2D eigenvalue weighted by Gasteiger charge is 2.31. The maximum atomic E-state index is 5.93. The molecule has 0 radical (unpaired) electrons. The third-order valence-electron chi connectivity index (χ3n) is 7.35. The van der Waals surface area contributed by atoms with Crippen LogP contribution in [0.4, 0.5) is 0 Å². The van der Waals surface area contributed by atoms with Crippen molar-refractivity contribution in [3.63, 3.8) is 0 Å². The molecular formula is C30H37N3O. The number of ether oxygens (including phenoxy) is 1. The van der Waals surface area contributed by atoms with Crippen LogP contribution in [0, 0.1) is 0 Å². The molecule has 1 unspecified atom stereocenters. The van der Waals surface area contributed by atoms with E-state index in [0.717, 1.165) is 30.6 Å². The molecule has 3 aromatic carbocycles. The van der Waals surface area contributed by atoms with Crippen LogP contribution in [0.1, 0.15) is 30.9 Å². The van der Waals surface area contributed by atoms with Gasteiger partial charge in [0.15, 0.2) is 0 Å². The highest BCUT2D eigenvalue weighted by atomic mass is 16.5. The Morgan fingerprint density at radius 1 is 0.647 bits per heavy atom. The second-order valence-corrected chi connectivity index (χ2v) is 9.87. The van der Waals surface area contributed by atoms with Crippen molar-refractivity contribution in [3.8, 4) is 11.5 Å². The Labute approximate surface area is 204 Å². The predicted octanol–water partition coefficient (Wildman–Crippen LogP) is 5.65. The van der Waals surface area contributed by atoms with E-state index < -0.39 is 0 Å². The molecule has 0 aromatic heterocycles. The van der Waals surface area contributed by atoms with Gasteiger partial charge >= 0.3 is 0 Å². The fourth-order valence-corrected chi connectivity index (χ4v) is 5.53. The van der Waals surface area contributed by atoms with Crippen molar-refractivity contribution in [1.82, 2.24) is 14.7 Å². The lowest BCUT2D eigenvalue weighted by molar-refractivity contribution is 0.0183. The summed E-state index contributed by atoms with van der Waals surface area (Å²) in [7, 11) is 0. The van der Waals surface area contributed by atoms with E-state index in [1.54, 1.807) is 0 Å². The van der Waals surface area contributed by atoms with Crippen LogP contribution in [-0.2, 0) is 13.1 Å². The molecule has 2 fully saturated rings. The largest absolute Gasteiger partial charge is 0.457 e. The number of nitrogens with zero attached hydrogens (tertiary/aromatic N) is 3. The van der Waals surface area contributed by atoms with E-state index in [-0.39, 0.29) is 0 Å². The molecule has 2 heterocycles. The molecule has 0 N–H and O–H groups in total. The van der Waals surface area contributed by atoms with Crippen LogP contribution < -0.4 is 4.74 Å². The minimum atomic E-state index is 0.631. The van der Waals surface area contributed by atoms with Crippen molar-refractivity contribution < 1.29 is 4.74 Å². The van der Waals surface area contributed by atoms with Crippen molar-refractivity contribution in [2.24, 2.45) is 0 Å². The second-order valence-electron chi connectivity index (χ2n) is 9.87. The van der Waals surface area contributed by atoms with E-state index in [1.165, 1.54) is 56.7 Å². The van der Waals surface area contributed by atoms with Gasteiger partial charge in [0.05, 0.1) is 0 Å². The van der Waals surface area contributed by atoms with Gasteiger partial charge in [-0.25, -0.2) is 0 Å². The van der Waals surface area contributed by atoms with Gasteiger partial charge in [-0.3, -0.25) is 14.7 Å². The Morgan fingerprint density at radius 3 is 1.91 bits per heavy atom. The van der Waals surface area contributed by atoms with E-state index >= 15 is 0 Å². The zero-order valence-electron chi connectivity index (χ0n) is 20.4. The molecule has 0 bridgehead atoms. The van der Waals surface area contributed by atoms with Crippen LogP contribution >= 0.6 is 0 Å². The van der Waals surface area contributed by atoms with Gasteiger partial charge in [0, 0.05) is 44.8 Å². The maximum Gasteiger partial charge on any atom is 0.127 e. The van der Waals surface area contributed by atoms with E-state index in [9.17, 15) is 0 Å². The minimum absolute atomic E-state index is 0.631. The molecule has 4 heteroatoms. The van der Waals surface area contributed by atoms with Gasteiger partial charge in [-0.05, 0) is 68.2 Å². The molecule has 3 aromatic rings. The third-order valence-corrected chi connectivity index (χ3v) is 7.35. The summed E-state index contributed by atoms with van der Waals surface area (Å²) in [5.41, 5.74) is 2.79. The molecule has 0 spiro atoms. The lowest BCUT2D eigenvalue weighted by Gasteiger charge is -2.46. The third kappa shape index (κ3) is 6.06. The van der Waals surface area contributed by atoms with Crippen LogP contribution in [0.5, 0.6) is 11.5 Å². The van der Waals surface area contributed by atoms with Crippen molar-refractivity contribution >= 4 is 0 Å². The summed E-state index contributed by atoms with van der Waals surface area (Å²) in [5, 5.41) is 0. The summed E-state index contributed by atoms with van der Waals surface area (Å²) in [4.78, 5) is 8.02. The lowest BCUT2D eigenvalue weighted by atomic mass is 9.99. The fraction of sp³-hybridized carbons (Fsp3) is 0.400. The lowest BCUT2D eigenvalue weighted by Crippen LogP contribution is -2.57. The quantitative estimate of drug-likeness (QED) is 0.458. The molecule has 178 valence electrons. The smallest absolute Gasteiger partial charge is 0.127 e. The summed E-state index contributed by atoms with van der Waals surface area (Å²) in [6, 6.07) is 30.8. The van der Waals surface area contributed by atoms with Crippen LogP contribution in [0.3, 0.4) is 0 Å². The Morgan fingerprint density at radius 2 is 1.24 bits per heavy atom. The minimum Gasteiger partial charge on any atom is -0.457 e. The number of hydrogen-bond donors (Lipinski definition) is 0. The SMILES string of the molecule is CC1CN(Cc2ccccc2)CCN1C1CCN(Cc2ccc(Oc3ccccc3)cc2)CC1. The molecule has 0 saturated carbocycles. The number of hydrogen-bond acceptors (Lipinski definition) is 4. The molecule has 2 aliphatic rings. The van der Waals surface area contributed by atoms with Crippen molar-refractivity contribution in [2.45, 2.75) is 44.9 Å². The summed E-state index contributed by atoms with van der Waals surface area (Å²) in [6.45, 7) is 10.4. The predicted molar refractivity (Wildman–Crippen MR) is 139 cm³/mol. The monoisotopic (exact) mass is 455 g/mol.